The van der Waals surface area contributed by atoms with E-state index in [9.17, 15) is 4.79 Å². The molecule has 1 aliphatic rings. The highest BCUT2D eigenvalue weighted by molar-refractivity contribution is 6.30. The van der Waals surface area contributed by atoms with Gasteiger partial charge in [-0.3, -0.25) is 9.69 Å². The van der Waals surface area contributed by atoms with Gasteiger partial charge in [-0.05, 0) is 55.8 Å². The molecule has 1 amide bonds. The molecule has 2 aromatic carbocycles. The number of aromatic nitrogens is 1. The van der Waals surface area contributed by atoms with Crippen molar-refractivity contribution in [3.8, 4) is 0 Å². The second-order valence-electron chi connectivity index (χ2n) is 6.98. The minimum absolute atomic E-state index is 0.0373. The second-order valence-corrected chi connectivity index (χ2v) is 7.41. The third kappa shape index (κ3) is 4.49. The topological polar surface area (TPSA) is 58.4 Å². The van der Waals surface area contributed by atoms with Gasteiger partial charge in [-0.2, -0.15) is 0 Å². The summed E-state index contributed by atoms with van der Waals surface area (Å²) in [6.07, 6.45) is 1.91. The molecule has 2 heterocycles. The Morgan fingerprint density at radius 1 is 1.19 bits per heavy atom. The number of nitrogens with one attached hydrogen (secondary N) is 1. The highest BCUT2D eigenvalue weighted by Crippen LogP contribution is 2.29. The summed E-state index contributed by atoms with van der Waals surface area (Å²) in [5.74, 6) is 1.18. The van der Waals surface area contributed by atoms with Crippen LogP contribution in [-0.2, 0) is 11.3 Å². The van der Waals surface area contributed by atoms with Crippen LogP contribution in [0.3, 0.4) is 0 Å². The van der Waals surface area contributed by atoms with Crippen molar-refractivity contribution in [3.05, 3.63) is 65.0 Å². The monoisotopic (exact) mass is 383 g/mol. The molecule has 5 nitrogen and oxygen atoms in total. The number of amides is 1. The zero-order valence-corrected chi connectivity index (χ0v) is 15.8. The van der Waals surface area contributed by atoms with Gasteiger partial charge >= 0.3 is 0 Å². The first kappa shape index (κ1) is 18.0. The van der Waals surface area contributed by atoms with E-state index in [1.807, 2.05) is 48.5 Å². The van der Waals surface area contributed by atoms with Crippen molar-refractivity contribution in [1.29, 1.82) is 0 Å². The third-order valence-electron chi connectivity index (χ3n) is 4.99. The number of nitrogens with zero attached hydrogens (tertiary/aromatic N) is 2. The Morgan fingerprint density at radius 2 is 2.00 bits per heavy atom. The Kier molecular flexibility index (Phi) is 5.41. The number of benzene rings is 2. The summed E-state index contributed by atoms with van der Waals surface area (Å²) < 4.78 is 5.90. The van der Waals surface area contributed by atoms with E-state index in [1.54, 1.807) is 0 Å². The number of carbonyl (C=O) groups is 1. The first-order valence-electron chi connectivity index (χ1n) is 9.26. The number of piperidine rings is 1. The molecule has 1 aliphatic heterocycles. The summed E-state index contributed by atoms with van der Waals surface area (Å²) in [6.45, 7) is 2.65. The number of halogens is 1. The summed E-state index contributed by atoms with van der Waals surface area (Å²) in [5.41, 5.74) is 2.76. The quantitative estimate of drug-likeness (QED) is 0.724. The van der Waals surface area contributed by atoms with Gasteiger partial charge in [-0.15, -0.1) is 0 Å². The normalized spacial score (nSPS) is 15.9. The van der Waals surface area contributed by atoms with Gasteiger partial charge in [0.1, 0.15) is 5.52 Å². The Bertz CT molecular complexity index is 899. The van der Waals surface area contributed by atoms with Gasteiger partial charge in [0.2, 0.25) is 5.91 Å². The van der Waals surface area contributed by atoms with E-state index in [-0.39, 0.29) is 5.91 Å². The fourth-order valence-electron chi connectivity index (χ4n) is 3.51. The number of fused-ring (bicyclic) bond motifs is 1. The minimum atomic E-state index is 0.0373. The fraction of sp³-hybridized carbons (Fsp3) is 0.333. The molecule has 140 valence electrons. The van der Waals surface area contributed by atoms with E-state index in [2.05, 4.69) is 15.2 Å². The van der Waals surface area contributed by atoms with Crippen molar-refractivity contribution in [1.82, 2.24) is 15.2 Å². The number of hydrogen-bond donors (Lipinski definition) is 1. The highest BCUT2D eigenvalue weighted by Gasteiger charge is 2.25. The molecule has 0 aliphatic carbocycles. The summed E-state index contributed by atoms with van der Waals surface area (Å²) in [6, 6.07) is 15.4. The standard InChI is InChI=1S/C21H22ClN3O2/c22-17-5-3-4-15(12-17)13-23-20(26)14-25-10-8-16(9-11-25)21-24-18-6-1-2-7-19(18)27-21/h1-7,12,16H,8-11,13-14H2,(H,23,26). The zero-order chi connectivity index (χ0) is 18.6. The molecule has 0 radical (unpaired) electrons. The van der Waals surface area contributed by atoms with Crippen LogP contribution in [0.2, 0.25) is 5.02 Å². The zero-order valence-electron chi connectivity index (χ0n) is 15.0. The lowest BCUT2D eigenvalue weighted by Crippen LogP contribution is -2.41. The van der Waals surface area contributed by atoms with Crippen LogP contribution in [0.4, 0.5) is 0 Å². The van der Waals surface area contributed by atoms with E-state index in [1.165, 1.54) is 0 Å². The first-order chi connectivity index (χ1) is 13.2. The Labute approximate surface area is 163 Å². The molecule has 0 saturated carbocycles. The van der Waals surface area contributed by atoms with Gasteiger partial charge in [0.25, 0.3) is 0 Å². The number of oxazole rings is 1. The third-order valence-corrected chi connectivity index (χ3v) is 5.23. The van der Waals surface area contributed by atoms with Crippen LogP contribution >= 0.6 is 11.6 Å². The summed E-state index contributed by atoms with van der Waals surface area (Å²) >= 11 is 5.97. The molecular formula is C21H22ClN3O2. The van der Waals surface area contributed by atoms with E-state index in [0.717, 1.165) is 48.5 Å². The van der Waals surface area contributed by atoms with Crippen LogP contribution < -0.4 is 5.32 Å². The van der Waals surface area contributed by atoms with Gasteiger partial charge in [-0.25, -0.2) is 4.98 Å². The summed E-state index contributed by atoms with van der Waals surface area (Å²) in [4.78, 5) is 19.0. The van der Waals surface area contributed by atoms with Crippen molar-refractivity contribution < 1.29 is 9.21 Å². The molecule has 3 aromatic rings. The van der Waals surface area contributed by atoms with E-state index >= 15 is 0 Å². The van der Waals surface area contributed by atoms with Crippen LogP contribution in [0.25, 0.3) is 11.1 Å². The molecule has 0 unspecified atom stereocenters. The molecule has 4 rings (SSSR count). The summed E-state index contributed by atoms with van der Waals surface area (Å²) in [5, 5.41) is 3.65. The van der Waals surface area contributed by atoms with Crippen molar-refractivity contribution in [2.75, 3.05) is 19.6 Å². The van der Waals surface area contributed by atoms with Crippen LogP contribution in [0.15, 0.2) is 52.9 Å². The van der Waals surface area contributed by atoms with Crippen molar-refractivity contribution in [2.45, 2.75) is 25.3 Å². The lowest BCUT2D eigenvalue weighted by molar-refractivity contribution is -0.122. The first-order valence-corrected chi connectivity index (χ1v) is 9.64. The van der Waals surface area contributed by atoms with Gasteiger partial charge in [0.15, 0.2) is 11.5 Å². The van der Waals surface area contributed by atoms with E-state index in [0.29, 0.717) is 24.0 Å². The minimum Gasteiger partial charge on any atom is -0.440 e. The van der Waals surface area contributed by atoms with Crippen LogP contribution in [0.1, 0.15) is 30.2 Å². The molecule has 0 bridgehead atoms. The Morgan fingerprint density at radius 3 is 2.78 bits per heavy atom. The average Bonchev–Trinajstić information content (AvgIpc) is 3.11. The maximum Gasteiger partial charge on any atom is 0.234 e. The smallest absolute Gasteiger partial charge is 0.234 e. The second kappa shape index (κ2) is 8.11. The SMILES string of the molecule is O=C(CN1CCC(c2nc3ccccc3o2)CC1)NCc1cccc(Cl)c1. The molecule has 0 atom stereocenters. The van der Waals surface area contributed by atoms with E-state index in [4.69, 9.17) is 16.0 Å². The molecule has 1 N–H and O–H groups in total. The predicted molar refractivity (Wildman–Crippen MR) is 106 cm³/mol. The molecule has 1 aromatic heterocycles. The summed E-state index contributed by atoms with van der Waals surface area (Å²) in [7, 11) is 0. The maximum absolute atomic E-state index is 12.2. The number of hydrogen-bond acceptors (Lipinski definition) is 4. The molecule has 27 heavy (non-hydrogen) atoms. The Balaban J connectivity index is 1.26. The van der Waals surface area contributed by atoms with Gasteiger partial charge < -0.3 is 9.73 Å². The number of para-hydroxylation sites is 2. The Hall–Kier alpha value is -2.37. The lowest BCUT2D eigenvalue weighted by Gasteiger charge is -2.29. The van der Waals surface area contributed by atoms with Gasteiger partial charge in [0, 0.05) is 17.5 Å². The van der Waals surface area contributed by atoms with Crippen molar-refractivity contribution in [3.63, 3.8) is 0 Å². The van der Waals surface area contributed by atoms with Crippen LogP contribution in [0.5, 0.6) is 0 Å². The highest BCUT2D eigenvalue weighted by atomic mass is 35.5. The fourth-order valence-corrected chi connectivity index (χ4v) is 3.72. The number of likely N-dealkylation sites (tertiary alicyclic amines) is 1. The largest absolute Gasteiger partial charge is 0.440 e. The maximum atomic E-state index is 12.2. The predicted octanol–water partition coefficient (Wildman–Crippen LogP) is 3.98. The van der Waals surface area contributed by atoms with Gasteiger partial charge in [0.05, 0.1) is 6.54 Å². The molecule has 1 saturated heterocycles. The number of carbonyl (C=O) groups excluding carboxylic acids is 1. The van der Waals surface area contributed by atoms with Crippen molar-refractivity contribution in [2.24, 2.45) is 0 Å². The molecular weight excluding hydrogens is 362 g/mol. The molecule has 6 heteroatoms. The lowest BCUT2D eigenvalue weighted by atomic mass is 9.97. The van der Waals surface area contributed by atoms with Crippen LogP contribution in [-0.4, -0.2) is 35.4 Å². The molecule has 1 fully saturated rings. The van der Waals surface area contributed by atoms with E-state index < -0.39 is 0 Å². The van der Waals surface area contributed by atoms with Crippen molar-refractivity contribution >= 4 is 28.6 Å². The van der Waals surface area contributed by atoms with Gasteiger partial charge in [-0.1, -0.05) is 35.9 Å². The average molecular weight is 384 g/mol. The number of rotatable bonds is 5. The molecule has 0 spiro atoms. The van der Waals surface area contributed by atoms with Crippen LogP contribution in [0, 0.1) is 0 Å².